The third-order valence-corrected chi connectivity index (χ3v) is 3.58. The molecule has 1 aromatic carbocycles. The first kappa shape index (κ1) is 16.2. The average Bonchev–Trinajstić information content (AvgIpc) is 3.16. The lowest BCUT2D eigenvalue weighted by Crippen LogP contribution is -2.52. The van der Waals surface area contributed by atoms with Crippen molar-refractivity contribution in [3.63, 3.8) is 0 Å². The van der Waals surface area contributed by atoms with Crippen molar-refractivity contribution < 1.29 is 14.3 Å². The number of amides is 2. The molecule has 1 fully saturated rings. The Balaban J connectivity index is 1.47. The number of carbonyl (C=O) groups excluding carboxylic acids is 2. The van der Waals surface area contributed by atoms with Crippen molar-refractivity contribution in [2.24, 2.45) is 0 Å². The van der Waals surface area contributed by atoms with Crippen LogP contribution in [0.3, 0.4) is 0 Å². The van der Waals surface area contributed by atoms with E-state index in [1.165, 1.54) is 0 Å². The van der Waals surface area contributed by atoms with Crippen LogP contribution in [0.5, 0.6) is 0 Å². The van der Waals surface area contributed by atoms with Crippen LogP contribution in [0, 0.1) is 0 Å². The third kappa shape index (κ3) is 4.18. The Morgan fingerprint density at radius 2 is 2.17 bits per heavy atom. The summed E-state index contributed by atoms with van der Waals surface area (Å²) in [6.07, 6.45) is 3.54. The zero-order valence-electron chi connectivity index (χ0n) is 13.1. The molecule has 24 heavy (non-hydrogen) atoms. The van der Waals surface area contributed by atoms with E-state index in [1.807, 2.05) is 24.4 Å². The second-order valence-corrected chi connectivity index (χ2v) is 5.35. The number of benzene rings is 1. The Morgan fingerprint density at radius 3 is 2.83 bits per heavy atom. The molecule has 3 rings (SSSR count). The van der Waals surface area contributed by atoms with Gasteiger partial charge in [0.25, 0.3) is 0 Å². The number of rotatable bonds is 5. The number of hydrogen-bond acceptors (Lipinski definition) is 5. The van der Waals surface area contributed by atoms with Crippen LogP contribution < -0.4 is 16.0 Å². The third-order valence-electron chi connectivity index (χ3n) is 3.58. The highest BCUT2D eigenvalue weighted by atomic mass is 16.5. The summed E-state index contributed by atoms with van der Waals surface area (Å²) in [4.78, 5) is 23.8. The van der Waals surface area contributed by atoms with Crippen LogP contribution in [0.25, 0.3) is 5.69 Å². The first-order valence-electron chi connectivity index (χ1n) is 7.71. The van der Waals surface area contributed by atoms with Gasteiger partial charge in [-0.05, 0) is 30.3 Å². The van der Waals surface area contributed by atoms with Gasteiger partial charge in [0.15, 0.2) is 0 Å². The van der Waals surface area contributed by atoms with Gasteiger partial charge in [-0.1, -0.05) is 0 Å². The normalized spacial score (nSPS) is 17.2. The van der Waals surface area contributed by atoms with Gasteiger partial charge in [0.05, 0.1) is 25.4 Å². The molecule has 0 aliphatic carbocycles. The molecule has 2 amide bonds. The van der Waals surface area contributed by atoms with Crippen LogP contribution in [0.4, 0.5) is 5.69 Å². The van der Waals surface area contributed by atoms with Gasteiger partial charge < -0.3 is 20.7 Å². The Labute approximate surface area is 139 Å². The molecule has 8 nitrogen and oxygen atoms in total. The van der Waals surface area contributed by atoms with Crippen molar-refractivity contribution in [1.82, 2.24) is 20.4 Å². The highest BCUT2D eigenvalue weighted by Crippen LogP contribution is 2.12. The number of nitrogens with zero attached hydrogens (tertiary/aromatic N) is 2. The molecule has 3 N–H and O–H groups in total. The van der Waals surface area contributed by atoms with E-state index in [-0.39, 0.29) is 18.4 Å². The second-order valence-electron chi connectivity index (χ2n) is 5.35. The molecule has 0 radical (unpaired) electrons. The van der Waals surface area contributed by atoms with E-state index in [9.17, 15) is 9.59 Å². The van der Waals surface area contributed by atoms with Crippen molar-refractivity contribution in [1.29, 1.82) is 0 Å². The van der Waals surface area contributed by atoms with Crippen LogP contribution in [0.15, 0.2) is 42.7 Å². The second kappa shape index (κ2) is 7.71. The summed E-state index contributed by atoms with van der Waals surface area (Å²) >= 11 is 0. The Bertz CT molecular complexity index is 678. The van der Waals surface area contributed by atoms with Gasteiger partial charge in [-0.15, -0.1) is 0 Å². The van der Waals surface area contributed by atoms with Crippen molar-refractivity contribution in [2.45, 2.75) is 6.04 Å². The van der Waals surface area contributed by atoms with E-state index >= 15 is 0 Å². The minimum atomic E-state index is -0.403. The molecule has 1 aromatic heterocycles. The number of hydrogen-bond donors (Lipinski definition) is 3. The van der Waals surface area contributed by atoms with Gasteiger partial charge >= 0.3 is 0 Å². The smallest absolute Gasteiger partial charge is 0.243 e. The lowest BCUT2D eigenvalue weighted by molar-refractivity contribution is -0.128. The predicted octanol–water partition coefficient (Wildman–Crippen LogP) is -0.0846. The quantitative estimate of drug-likeness (QED) is 0.713. The van der Waals surface area contributed by atoms with Crippen molar-refractivity contribution in [3.05, 3.63) is 42.7 Å². The Morgan fingerprint density at radius 1 is 1.33 bits per heavy atom. The highest BCUT2D eigenvalue weighted by Gasteiger charge is 2.21. The Hall–Kier alpha value is -2.71. The van der Waals surface area contributed by atoms with Gasteiger partial charge in [0.1, 0.15) is 6.04 Å². The maximum atomic E-state index is 11.9. The molecule has 1 aliphatic heterocycles. The van der Waals surface area contributed by atoms with Gasteiger partial charge in [0.2, 0.25) is 11.8 Å². The highest BCUT2D eigenvalue weighted by molar-refractivity contribution is 5.95. The fraction of sp³-hybridized carbons (Fsp3) is 0.312. The molecule has 1 saturated heterocycles. The summed E-state index contributed by atoms with van der Waals surface area (Å²) in [5.41, 5.74) is 1.55. The lowest BCUT2D eigenvalue weighted by atomic mass is 10.2. The summed E-state index contributed by atoms with van der Waals surface area (Å²) in [6.45, 7) is 1.46. The molecular formula is C16H19N5O3. The minimum absolute atomic E-state index is 0.0854. The number of carbonyl (C=O) groups is 2. The molecule has 126 valence electrons. The molecule has 1 aliphatic rings. The molecule has 2 heterocycles. The van der Waals surface area contributed by atoms with Crippen LogP contribution in [0.2, 0.25) is 0 Å². The first-order valence-corrected chi connectivity index (χ1v) is 7.71. The molecule has 8 heteroatoms. The monoisotopic (exact) mass is 329 g/mol. The summed E-state index contributed by atoms with van der Waals surface area (Å²) in [7, 11) is 0. The maximum Gasteiger partial charge on any atom is 0.243 e. The molecule has 0 bridgehead atoms. The summed E-state index contributed by atoms with van der Waals surface area (Å²) in [6, 6.07) is 8.71. The summed E-state index contributed by atoms with van der Waals surface area (Å²) in [5, 5.41) is 12.5. The van der Waals surface area contributed by atoms with E-state index in [0.717, 1.165) is 5.69 Å². The predicted molar refractivity (Wildman–Crippen MR) is 87.8 cm³/mol. The van der Waals surface area contributed by atoms with E-state index < -0.39 is 6.04 Å². The molecule has 1 atom stereocenters. The van der Waals surface area contributed by atoms with E-state index in [0.29, 0.717) is 25.4 Å². The standard InChI is InChI=1S/C16H19N5O3/c22-15(10-18-16(23)14-11-24-9-7-17-14)20-12-2-4-13(5-3-12)21-8-1-6-19-21/h1-6,8,14,17H,7,9-11H2,(H,18,23)(H,20,22). The minimum Gasteiger partial charge on any atom is -0.378 e. The number of ether oxygens (including phenoxy) is 1. The zero-order chi connectivity index (χ0) is 16.8. The number of morpholine rings is 1. The fourth-order valence-electron chi connectivity index (χ4n) is 2.35. The van der Waals surface area contributed by atoms with Gasteiger partial charge in [-0.2, -0.15) is 5.10 Å². The van der Waals surface area contributed by atoms with Crippen LogP contribution >= 0.6 is 0 Å². The number of anilines is 1. The molecule has 1 unspecified atom stereocenters. The fourth-order valence-corrected chi connectivity index (χ4v) is 2.35. The molecular weight excluding hydrogens is 310 g/mol. The average molecular weight is 329 g/mol. The largest absolute Gasteiger partial charge is 0.378 e. The van der Waals surface area contributed by atoms with Crippen LogP contribution in [-0.2, 0) is 14.3 Å². The lowest BCUT2D eigenvalue weighted by Gasteiger charge is -2.22. The van der Waals surface area contributed by atoms with E-state index in [1.54, 1.807) is 23.0 Å². The van der Waals surface area contributed by atoms with Crippen molar-refractivity contribution in [3.8, 4) is 5.69 Å². The summed E-state index contributed by atoms with van der Waals surface area (Å²) < 4.78 is 6.94. The van der Waals surface area contributed by atoms with Crippen molar-refractivity contribution in [2.75, 3.05) is 31.6 Å². The SMILES string of the molecule is O=C(CNC(=O)C1COCCN1)Nc1ccc(-n2cccn2)cc1. The number of aromatic nitrogens is 2. The van der Waals surface area contributed by atoms with Gasteiger partial charge in [-0.25, -0.2) is 4.68 Å². The molecule has 2 aromatic rings. The van der Waals surface area contributed by atoms with E-state index in [4.69, 9.17) is 4.74 Å². The maximum absolute atomic E-state index is 11.9. The van der Waals surface area contributed by atoms with Gasteiger partial charge in [0, 0.05) is 24.6 Å². The van der Waals surface area contributed by atoms with Gasteiger partial charge in [-0.3, -0.25) is 9.59 Å². The van der Waals surface area contributed by atoms with Crippen LogP contribution in [0.1, 0.15) is 0 Å². The molecule has 0 saturated carbocycles. The Kier molecular flexibility index (Phi) is 5.19. The molecule has 0 spiro atoms. The summed E-state index contributed by atoms with van der Waals surface area (Å²) in [5.74, 6) is -0.522. The van der Waals surface area contributed by atoms with Crippen molar-refractivity contribution >= 4 is 17.5 Å². The first-order chi connectivity index (χ1) is 11.7. The van der Waals surface area contributed by atoms with Crippen LogP contribution in [-0.4, -0.2) is 53.9 Å². The van der Waals surface area contributed by atoms with E-state index in [2.05, 4.69) is 21.0 Å². The topological polar surface area (TPSA) is 97.3 Å². The zero-order valence-corrected chi connectivity index (χ0v) is 13.1. The number of nitrogens with one attached hydrogen (secondary N) is 3.